The molecule has 2 aromatic heterocycles. The third-order valence-corrected chi connectivity index (χ3v) is 4.06. The molecule has 0 aromatic carbocycles. The smallest absolute Gasteiger partial charge is 0.244 e. The molecule has 0 aliphatic carbocycles. The van der Waals surface area contributed by atoms with Crippen LogP contribution in [0.3, 0.4) is 0 Å². The van der Waals surface area contributed by atoms with Crippen molar-refractivity contribution in [1.82, 2.24) is 10.3 Å². The molecule has 6 heteroatoms. The topological polar surface area (TPSA) is 75.4 Å². The fourth-order valence-corrected chi connectivity index (χ4v) is 2.78. The number of carbonyl (C=O) groups excluding carboxylic acids is 1. The van der Waals surface area contributed by atoms with Gasteiger partial charge in [-0.2, -0.15) is 0 Å². The number of thiazole rings is 1. The lowest BCUT2D eigenvalue weighted by molar-refractivity contribution is -0.117. The normalized spacial score (nSPS) is 14.2. The van der Waals surface area contributed by atoms with Gasteiger partial charge in [-0.05, 0) is 39.8 Å². The number of amides is 1. The highest BCUT2D eigenvalue weighted by atomic mass is 32.1. The Kier molecular flexibility index (Phi) is 4.83. The van der Waals surface area contributed by atoms with Crippen LogP contribution in [0.5, 0.6) is 0 Å². The van der Waals surface area contributed by atoms with Crippen molar-refractivity contribution in [1.29, 1.82) is 0 Å². The van der Waals surface area contributed by atoms with Crippen molar-refractivity contribution >= 4 is 23.3 Å². The molecule has 1 unspecified atom stereocenters. The molecule has 22 heavy (non-hydrogen) atoms. The summed E-state index contributed by atoms with van der Waals surface area (Å²) in [5, 5.41) is 16.0. The van der Waals surface area contributed by atoms with Crippen LogP contribution in [0.4, 0.5) is 0 Å². The summed E-state index contributed by atoms with van der Waals surface area (Å²) < 4.78 is 5.42. The van der Waals surface area contributed by atoms with Crippen LogP contribution in [0, 0.1) is 20.8 Å². The number of hydrogen-bond donors (Lipinski definition) is 2. The van der Waals surface area contributed by atoms with Crippen molar-refractivity contribution in [3.05, 3.63) is 45.3 Å². The van der Waals surface area contributed by atoms with E-state index >= 15 is 0 Å². The number of aromatic nitrogens is 1. The lowest BCUT2D eigenvalue weighted by Crippen LogP contribution is -2.38. The summed E-state index contributed by atoms with van der Waals surface area (Å²) in [6.45, 7) is 7.28. The fourth-order valence-electron chi connectivity index (χ4n) is 2.20. The number of rotatable bonds is 5. The Bertz CT molecular complexity index is 698. The van der Waals surface area contributed by atoms with Crippen LogP contribution in [-0.4, -0.2) is 22.5 Å². The van der Waals surface area contributed by atoms with Crippen molar-refractivity contribution < 1.29 is 14.3 Å². The summed E-state index contributed by atoms with van der Waals surface area (Å²) in [5.41, 5.74) is 0.262. The van der Waals surface area contributed by atoms with E-state index in [1.54, 1.807) is 26.0 Å². The third kappa shape index (κ3) is 4.05. The Morgan fingerprint density at radius 2 is 2.23 bits per heavy atom. The Hall–Kier alpha value is -1.92. The van der Waals surface area contributed by atoms with Gasteiger partial charge in [0.2, 0.25) is 5.91 Å². The van der Waals surface area contributed by atoms with Crippen molar-refractivity contribution in [2.75, 3.05) is 6.54 Å². The van der Waals surface area contributed by atoms with Crippen molar-refractivity contribution in [2.45, 2.75) is 33.3 Å². The molecular weight excluding hydrogens is 300 g/mol. The fraction of sp³-hybridized carbons (Fsp3) is 0.375. The molecule has 0 saturated heterocycles. The molecule has 0 bridgehead atoms. The molecule has 2 N–H and O–H groups in total. The van der Waals surface area contributed by atoms with Gasteiger partial charge in [-0.15, -0.1) is 11.3 Å². The molecule has 118 valence electrons. The van der Waals surface area contributed by atoms with Crippen LogP contribution in [-0.2, 0) is 10.4 Å². The summed E-state index contributed by atoms with van der Waals surface area (Å²) in [6, 6.07) is 1.79. The van der Waals surface area contributed by atoms with Crippen LogP contribution in [0.25, 0.3) is 6.08 Å². The molecule has 0 aliphatic rings. The van der Waals surface area contributed by atoms with Gasteiger partial charge in [-0.3, -0.25) is 4.79 Å². The molecule has 0 fully saturated rings. The molecule has 2 rings (SSSR count). The highest BCUT2D eigenvalue weighted by Crippen LogP contribution is 2.26. The Balaban J connectivity index is 1.95. The van der Waals surface area contributed by atoms with E-state index in [2.05, 4.69) is 10.3 Å². The number of aliphatic hydroxyl groups is 1. The minimum Gasteiger partial charge on any atom is -0.466 e. The predicted molar refractivity (Wildman–Crippen MR) is 86.6 cm³/mol. The van der Waals surface area contributed by atoms with E-state index < -0.39 is 5.60 Å². The Morgan fingerprint density at radius 1 is 1.50 bits per heavy atom. The highest BCUT2D eigenvalue weighted by Gasteiger charge is 2.27. The number of aryl methyl sites for hydroxylation is 3. The largest absolute Gasteiger partial charge is 0.466 e. The predicted octanol–water partition coefficient (Wildman–Crippen LogP) is 2.70. The zero-order valence-electron chi connectivity index (χ0n) is 13.1. The van der Waals surface area contributed by atoms with E-state index in [1.165, 1.54) is 17.4 Å². The summed E-state index contributed by atoms with van der Waals surface area (Å²) in [5.74, 6) is 1.12. The molecular formula is C16H20N2O3S. The second-order valence-electron chi connectivity index (χ2n) is 5.44. The number of furan rings is 1. The summed E-state index contributed by atoms with van der Waals surface area (Å²) in [6.07, 6.45) is 3.07. The summed E-state index contributed by atoms with van der Waals surface area (Å²) >= 11 is 1.53. The van der Waals surface area contributed by atoms with Crippen LogP contribution in [0.2, 0.25) is 0 Å². The van der Waals surface area contributed by atoms with E-state index in [0.717, 1.165) is 16.5 Å². The van der Waals surface area contributed by atoms with Gasteiger partial charge in [0.25, 0.3) is 0 Å². The quantitative estimate of drug-likeness (QED) is 0.831. The van der Waals surface area contributed by atoms with Crippen LogP contribution in [0.15, 0.2) is 21.9 Å². The molecule has 2 heterocycles. The Morgan fingerprint density at radius 3 is 2.77 bits per heavy atom. The van der Waals surface area contributed by atoms with Gasteiger partial charge in [0.1, 0.15) is 17.1 Å². The molecule has 2 aromatic rings. The van der Waals surface area contributed by atoms with Crippen molar-refractivity contribution in [3.8, 4) is 0 Å². The Labute approximate surface area is 133 Å². The van der Waals surface area contributed by atoms with Gasteiger partial charge < -0.3 is 14.8 Å². The molecule has 1 atom stereocenters. The molecule has 0 saturated carbocycles. The highest BCUT2D eigenvalue weighted by molar-refractivity contribution is 7.09. The minimum atomic E-state index is -1.18. The van der Waals surface area contributed by atoms with E-state index in [1.807, 2.05) is 19.2 Å². The standard InChI is InChI=1S/C16H20N2O3S/c1-10-7-14(11(2)21-10)16(4,20)9-17-15(19)6-5-13-8-22-12(3)18-13/h5-8,20H,9H2,1-4H3,(H,17,19). The first-order chi connectivity index (χ1) is 10.3. The molecule has 0 spiro atoms. The van der Waals surface area contributed by atoms with Crippen LogP contribution < -0.4 is 5.32 Å². The van der Waals surface area contributed by atoms with Gasteiger partial charge >= 0.3 is 0 Å². The SMILES string of the molecule is Cc1cc(C(C)(O)CNC(=O)C=Cc2csc(C)n2)c(C)o1. The molecule has 1 amide bonds. The van der Waals surface area contributed by atoms with Crippen molar-refractivity contribution in [3.63, 3.8) is 0 Å². The zero-order valence-corrected chi connectivity index (χ0v) is 14.0. The maximum atomic E-state index is 11.8. The maximum absolute atomic E-state index is 11.8. The summed E-state index contributed by atoms with van der Waals surface area (Å²) in [7, 11) is 0. The van der Waals surface area contributed by atoms with Gasteiger partial charge in [0.05, 0.1) is 17.2 Å². The van der Waals surface area contributed by atoms with Gasteiger partial charge in [0.15, 0.2) is 0 Å². The van der Waals surface area contributed by atoms with Crippen molar-refractivity contribution in [2.24, 2.45) is 0 Å². The lowest BCUT2D eigenvalue weighted by Gasteiger charge is -2.22. The van der Waals surface area contributed by atoms with Gasteiger partial charge in [0, 0.05) is 17.0 Å². The van der Waals surface area contributed by atoms with E-state index in [4.69, 9.17) is 4.42 Å². The van der Waals surface area contributed by atoms with Gasteiger partial charge in [-0.25, -0.2) is 4.98 Å². The van der Waals surface area contributed by atoms with E-state index in [9.17, 15) is 9.90 Å². The second-order valence-corrected chi connectivity index (χ2v) is 6.51. The monoisotopic (exact) mass is 320 g/mol. The number of hydrogen-bond acceptors (Lipinski definition) is 5. The second kappa shape index (κ2) is 6.46. The average Bonchev–Trinajstić information content (AvgIpc) is 3.00. The van der Waals surface area contributed by atoms with Crippen LogP contribution in [0.1, 0.15) is 34.7 Å². The third-order valence-electron chi connectivity index (χ3n) is 3.27. The van der Waals surface area contributed by atoms with Crippen LogP contribution >= 0.6 is 11.3 Å². The molecule has 5 nitrogen and oxygen atoms in total. The molecule has 0 aliphatic heterocycles. The van der Waals surface area contributed by atoms with E-state index in [0.29, 0.717) is 11.3 Å². The first-order valence-electron chi connectivity index (χ1n) is 6.96. The van der Waals surface area contributed by atoms with E-state index in [-0.39, 0.29) is 12.5 Å². The molecule has 0 radical (unpaired) electrons. The number of nitrogens with one attached hydrogen (secondary N) is 1. The number of nitrogens with zero attached hydrogens (tertiary/aromatic N) is 1. The average molecular weight is 320 g/mol. The van der Waals surface area contributed by atoms with Gasteiger partial charge in [-0.1, -0.05) is 0 Å². The first-order valence-corrected chi connectivity index (χ1v) is 7.84. The summed E-state index contributed by atoms with van der Waals surface area (Å²) in [4.78, 5) is 16.1. The minimum absolute atomic E-state index is 0.103. The lowest BCUT2D eigenvalue weighted by atomic mass is 9.96. The maximum Gasteiger partial charge on any atom is 0.244 e. The number of carbonyl (C=O) groups is 1. The zero-order chi connectivity index (χ0) is 16.3. The first kappa shape index (κ1) is 16.5.